The number of benzene rings is 1. The molecule has 0 amide bonds. The zero-order valence-electron chi connectivity index (χ0n) is 19.3. The van der Waals surface area contributed by atoms with E-state index >= 15 is 0 Å². The molecule has 0 bridgehead atoms. The first-order chi connectivity index (χ1) is 15.5. The highest BCUT2D eigenvalue weighted by molar-refractivity contribution is 5.69. The van der Waals surface area contributed by atoms with Gasteiger partial charge in [0.15, 0.2) is 0 Å². The molecule has 178 valence electrons. The van der Waals surface area contributed by atoms with E-state index in [0.29, 0.717) is 32.3 Å². The highest BCUT2D eigenvalue weighted by atomic mass is 16.5. The van der Waals surface area contributed by atoms with Crippen LogP contribution in [0.3, 0.4) is 0 Å². The Morgan fingerprint density at radius 1 is 1.16 bits per heavy atom. The van der Waals surface area contributed by atoms with Gasteiger partial charge in [-0.3, -0.25) is 4.79 Å². The maximum atomic E-state index is 11.6. The number of carbonyl (C=O) groups excluding carboxylic acids is 1. The third-order valence-electron chi connectivity index (χ3n) is 6.13. The summed E-state index contributed by atoms with van der Waals surface area (Å²) in [6, 6.07) is 10.1. The average Bonchev–Trinajstić information content (AvgIpc) is 3.06. The average molecular weight is 445 g/mol. The first kappa shape index (κ1) is 26.3. The van der Waals surface area contributed by atoms with Gasteiger partial charge < -0.3 is 20.1 Å². The van der Waals surface area contributed by atoms with Crippen LogP contribution in [0, 0.1) is 11.8 Å². The second-order valence-corrected chi connectivity index (χ2v) is 8.76. The van der Waals surface area contributed by atoms with Crippen molar-refractivity contribution in [1.82, 2.24) is 0 Å². The minimum Gasteiger partial charge on any atom is -0.466 e. The van der Waals surface area contributed by atoms with Crippen molar-refractivity contribution in [2.45, 2.75) is 83.0 Å². The van der Waals surface area contributed by atoms with Crippen LogP contribution in [0.5, 0.6) is 0 Å². The molecular formula is C27H40O5. The number of aliphatic hydroxyl groups is 3. The number of rotatable bonds is 14. The highest BCUT2D eigenvalue weighted by Gasteiger charge is 2.39. The van der Waals surface area contributed by atoms with E-state index in [2.05, 4.69) is 6.92 Å². The van der Waals surface area contributed by atoms with Crippen LogP contribution in [0.2, 0.25) is 0 Å². The number of ether oxygens (including phenoxy) is 1. The molecule has 2 rings (SSSR count). The maximum Gasteiger partial charge on any atom is 0.305 e. The summed E-state index contributed by atoms with van der Waals surface area (Å²) in [5.74, 6) is -0.385. The van der Waals surface area contributed by atoms with Crippen LogP contribution in [0.4, 0.5) is 0 Å². The minimum absolute atomic E-state index is 0.0715. The Morgan fingerprint density at radius 2 is 1.94 bits per heavy atom. The van der Waals surface area contributed by atoms with Crippen LogP contribution < -0.4 is 0 Å². The van der Waals surface area contributed by atoms with Gasteiger partial charge in [-0.2, -0.15) is 0 Å². The summed E-state index contributed by atoms with van der Waals surface area (Å²) in [5, 5.41) is 31.1. The molecule has 5 nitrogen and oxygen atoms in total. The van der Waals surface area contributed by atoms with E-state index in [9.17, 15) is 20.1 Å². The van der Waals surface area contributed by atoms with Gasteiger partial charge in [-0.1, -0.05) is 68.0 Å². The summed E-state index contributed by atoms with van der Waals surface area (Å²) in [5.41, 5.74) is 1.19. The number of esters is 1. The highest BCUT2D eigenvalue weighted by Crippen LogP contribution is 2.36. The zero-order chi connectivity index (χ0) is 23.2. The maximum absolute atomic E-state index is 11.6. The zero-order valence-corrected chi connectivity index (χ0v) is 19.3. The van der Waals surface area contributed by atoms with Gasteiger partial charge in [-0.25, -0.2) is 0 Å². The molecule has 32 heavy (non-hydrogen) atoms. The molecule has 3 N–H and O–H groups in total. The van der Waals surface area contributed by atoms with Gasteiger partial charge in [0, 0.05) is 18.8 Å². The van der Waals surface area contributed by atoms with Gasteiger partial charge in [0.25, 0.3) is 0 Å². The summed E-state index contributed by atoms with van der Waals surface area (Å²) in [6.45, 7) is 2.57. The van der Waals surface area contributed by atoms with Crippen LogP contribution in [0.25, 0.3) is 0 Å². The van der Waals surface area contributed by atoms with E-state index in [0.717, 1.165) is 32.1 Å². The van der Waals surface area contributed by atoms with Gasteiger partial charge >= 0.3 is 5.97 Å². The fourth-order valence-electron chi connectivity index (χ4n) is 4.16. The van der Waals surface area contributed by atoms with E-state index in [4.69, 9.17) is 4.74 Å². The number of allylic oxidation sites excluding steroid dienone is 2. The third kappa shape index (κ3) is 9.68. The van der Waals surface area contributed by atoms with Crippen molar-refractivity contribution in [3.8, 4) is 0 Å². The van der Waals surface area contributed by atoms with Crippen molar-refractivity contribution >= 4 is 5.97 Å². The Bertz CT molecular complexity index is 699. The molecule has 0 aliphatic heterocycles. The van der Waals surface area contributed by atoms with Gasteiger partial charge in [0.1, 0.15) is 0 Å². The van der Waals surface area contributed by atoms with Crippen molar-refractivity contribution in [3.05, 3.63) is 60.2 Å². The van der Waals surface area contributed by atoms with Crippen LogP contribution in [-0.4, -0.2) is 46.2 Å². The number of unbranched alkanes of at least 4 members (excludes halogenated alkanes) is 2. The molecule has 1 saturated carbocycles. The fourth-order valence-corrected chi connectivity index (χ4v) is 4.16. The van der Waals surface area contributed by atoms with E-state index < -0.39 is 18.3 Å². The standard InChI is InChI=1S/C27H40O5/c1-2-3-19-32-27(31)14-10-5-4-9-13-23-24(26(30)20-25(23)29)18-17-22(28)16-15-21-11-7-6-8-12-21/h4,6-9,11-12,17-18,22-26,28-30H,2-3,5,10,13-16,19-20H2,1H3/b9-4-,18-17+/t22-,23?,24?,25-,26+/m0/s1. The first-order valence-corrected chi connectivity index (χ1v) is 12.1. The number of carbonyl (C=O) groups is 1. The molecule has 0 radical (unpaired) electrons. The Morgan fingerprint density at radius 3 is 2.69 bits per heavy atom. The smallest absolute Gasteiger partial charge is 0.305 e. The summed E-state index contributed by atoms with van der Waals surface area (Å²) in [4.78, 5) is 11.6. The monoisotopic (exact) mass is 444 g/mol. The van der Waals surface area contributed by atoms with Crippen LogP contribution in [-0.2, 0) is 16.0 Å². The molecule has 0 heterocycles. The molecule has 2 unspecified atom stereocenters. The number of hydrogen-bond donors (Lipinski definition) is 3. The van der Waals surface area contributed by atoms with Crippen LogP contribution >= 0.6 is 0 Å². The normalized spacial score (nSPS) is 24.4. The second-order valence-electron chi connectivity index (χ2n) is 8.76. The summed E-state index contributed by atoms with van der Waals surface area (Å²) < 4.78 is 5.15. The SMILES string of the molecule is CCCCOC(=O)CCC/C=C\CC1C(/C=C/[C@@H](O)CCc2ccccc2)[C@H](O)C[C@@H]1O. The number of aliphatic hydroxyl groups excluding tert-OH is 3. The minimum atomic E-state index is -0.598. The van der Waals surface area contributed by atoms with E-state index in [1.165, 1.54) is 5.56 Å². The third-order valence-corrected chi connectivity index (χ3v) is 6.13. The van der Waals surface area contributed by atoms with Gasteiger partial charge in [-0.15, -0.1) is 0 Å². The predicted molar refractivity (Wildman–Crippen MR) is 127 cm³/mol. The Balaban J connectivity index is 1.73. The van der Waals surface area contributed by atoms with Crippen molar-refractivity contribution < 1.29 is 24.9 Å². The molecule has 1 aromatic carbocycles. The molecule has 0 saturated heterocycles. The molecule has 5 atom stereocenters. The Labute approximate surface area is 192 Å². The van der Waals surface area contributed by atoms with Crippen molar-refractivity contribution in [3.63, 3.8) is 0 Å². The van der Waals surface area contributed by atoms with Crippen LogP contribution in [0.15, 0.2) is 54.6 Å². The summed E-state index contributed by atoms with van der Waals surface area (Å²) in [7, 11) is 0. The first-order valence-electron chi connectivity index (χ1n) is 12.1. The molecular weight excluding hydrogens is 404 g/mol. The molecule has 0 aromatic heterocycles. The lowest BCUT2D eigenvalue weighted by Gasteiger charge is -2.19. The van der Waals surface area contributed by atoms with Crippen molar-refractivity contribution in [2.24, 2.45) is 11.8 Å². The quantitative estimate of drug-likeness (QED) is 0.226. The molecule has 0 spiro atoms. The van der Waals surface area contributed by atoms with Gasteiger partial charge in [0.2, 0.25) is 0 Å². The lowest BCUT2D eigenvalue weighted by molar-refractivity contribution is -0.143. The topological polar surface area (TPSA) is 87.0 Å². The van der Waals surface area contributed by atoms with Crippen molar-refractivity contribution in [1.29, 1.82) is 0 Å². The molecule has 1 aromatic rings. The van der Waals surface area contributed by atoms with Gasteiger partial charge in [0.05, 0.1) is 24.9 Å². The Kier molecular flexibility index (Phi) is 12.3. The number of hydrogen-bond acceptors (Lipinski definition) is 5. The van der Waals surface area contributed by atoms with Crippen LogP contribution in [0.1, 0.15) is 63.9 Å². The Hall–Kier alpha value is -1.95. The second kappa shape index (κ2) is 15.0. The molecule has 5 heteroatoms. The van der Waals surface area contributed by atoms with E-state index in [1.54, 1.807) is 6.08 Å². The van der Waals surface area contributed by atoms with Crippen molar-refractivity contribution in [2.75, 3.05) is 6.61 Å². The molecule has 1 aliphatic rings. The van der Waals surface area contributed by atoms with Gasteiger partial charge in [-0.05, 0) is 50.0 Å². The lowest BCUT2D eigenvalue weighted by atomic mass is 9.89. The molecule has 1 fully saturated rings. The lowest BCUT2D eigenvalue weighted by Crippen LogP contribution is -2.20. The summed E-state index contributed by atoms with van der Waals surface area (Å²) in [6.07, 6.45) is 12.3. The summed E-state index contributed by atoms with van der Waals surface area (Å²) >= 11 is 0. The predicted octanol–water partition coefficient (Wildman–Crippen LogP) is 4.35. The number of aryl methyl sites for hydroxylation is 1. The van der Waals surface area contributed by atoms with E-state index in [1.807, 2.05) is 48.6 Å². The van der Waals surface area contributed by atoms with E-state index in [-0.39, 0.29) is 17.8 Å². The fraction of sp³-hybridized carbons (Fsp3) is 0.593. The largest absolute Gasteiger partial charge is 0.466 e. The molecule has 1 aliphatic carbocycles.